The average molecular weight is 364 g/mol. The van der Waals surface area contributed by atoms with Crippen LogP contribution in [0.4, 0.5) is 5.00 Å². The molecule has 4 rings (SSSR count). The second-order valence-electron chi connectivity index (χ2n) is 7.12. The molecule has 136 valence electrons. The normalized spacial score (nSPS) is 27.9. The van der Waals surface area contributed by atoms with Gasteiger partial charge in [-0.25, -0.2) is 0 Å². The number of amides is 2. The van der Waals surface area contributed by atoms with Crippen LogP contribution in [0, 0.1) is 23.7 Å². The number of thiophene rings is 1. The van der Waals surface area contributed by atoms with E-state index in [9.17, 15) is 19.5 Å². The highest BCUT2D eigenvalue weighted by molar-refractivity contribution is 7.16. The molecule has 1 heterocycles. The van der Waals surface area contributed by atoms with Crippen LogP contribution in [0.3, 0.4) is 0 Å². The van der Waals surface area contributed by atoms with Gasteiger partial charge in [-0.15, -0.1) is 11.3 Å². The zero-order valence-corrected chi connectivity index (χ0v) is 15.1. The van der Waals surface area contributed by atoms with Crippen molar-refractivity contribution in [1.82, 2.24) is 0 Å². The first-order chi connectivity index (χ1) is 11.9. The van der Waals surface area contributed by atoms with Gasteiger partial charge in [0.2, 0.25) is 5.91 Å². The second-order valence-corrected chi connectivity index (χ2v) is 8.26. The Balaban J connectivity index is 1.84. The van der Waals surface area contributed by atoms with Gasteiger partial charge in [-0.3, -0.25) is 14.4 Å². The fraction of sp³-hybridized carbons (Fsp3) is 0.611. The van der Waals surface area contributed by atoms with Crippen molar-refractivity contribution in [3.05, 3.63) is 16.5 Å². The van der Waals surface area contributed by atoms with Crippen LogP contribution in [0.25, 0.3) is 0 Å². The van der Waals surface area contributed by atoms with E-state index in [-0.39, 0.29) is 17.7 Å². The highest BCUT2D eigenvalue weighted by Crippen LogP contribution is 2.49. The number of hydrogen-bond acceptors (Lipinski definition) is 4. The number of primary amides is 1. The molecular weight excluding hydrogens is 340 g/mol. The van der Waals surface area contributed by atoms with E-state index >= 15 is 0 Å². The van der Waals surface area contributed by atoms with Gasteiger partial charge in [0.25, 0.3) is 5.91 Å². The van der Waals surface area contributed by atoms with Crippen LogP contribution in [-0.2, 0) is 16.0 Å². The molecule has 3 saturated carbocycles. The molecule has 6 nitrogen and oxygen atoms in total. The van der Waals surface area contributed by atoms with Crippen molar-refractivity contribution in [1.29, 1.82) is 0 Å². The number of carboxylic acid groups (broad SMARTS) is 1. The summed E-state index contributed by atoms with van der Waals surface area (Å²) in [7, 11) is 0. The van der Waals surface area contributed by atoms with E-state index in [1.54, 1.807) is 6.07 Å². The summed E-state index contributed by atoms with van der Waals surface area (Å²) in [6.07, 6.45) is 5.32. The molecule has 0 aromatic carbocycles. The molecule has 3 aliphatic rings. The summed E-state index contributed by atoms with van der Waals surface area (Å²) in [5.41, 5.74) is 5.75. The Kier molecular flexibility index (Phi) is 5.13. The molecule has 7 heteroatoms. The molecule has 0 aliphatic heterocycles. The van der Waals surface area contributed by atoms with Crippen LogP contribution in [0.1, 0.15) is 54.3 Å². The minimum Gasteiger partial charge on any atom is -0.481 e. The van der Waals surface area contributed by atoms with Crippen molar-refractivity contribution in [2.24, 2.45) is 29.4 Å². The summed E-state index contributed by atoms with van der Waals surface area (Å²) >= 11 is 1.35. The third-order valence-corrected chi connectivity index (χ3v) is 6.70. The quantitative estimate of drug-likeness (QED) is 0.721. The van der Waals surface area contributed by atoms with Crippen molar-refractivity contribution in [3.63, 3.8) is 0 Å². The van der Waals surface area contributed by atoms with Crippen molar-refractivity contribution < 1.29 is 19.5 Å². The smallest absolute Gasteiger partial charge is 0.307 e. The molecule has 3 aliphatic carbocycles. The molecule has 0 spiro atoms. The van der Waals surface area contributed by atoms with E-state index < -0.39 is 23.7 Å². The second kappa shape index (κ2) is 7.15. The van der Waals surface area contributed by atoms with E-state index in [1.807, 2.05) is 6.92 Å². The fourth-order valence-electron chi connectivity index (χ4n) is 4.46. The Hall–Kier alpha value is -1.89. The summed E-state index contributed by atoms with van der Waals surface area (Å²) in [6, 6.07) is 1.73. The summed E-state index contributed by atoms with van der Waals surface area (Å²) in [6.45, 7) is 2.04. The third kappa shape index (κ3) is 3.42. The largest absolute Gasteiger partial charge is 0.481 e. The number of nitrogens with two attached hydrogens (primary N) is 1. The molecular formula is C18H24N2O4S. The van der Waals surface area contributed by atoms with Crippen LogP contribution in [0.15, 0.2) is 6.07 Å². The lowest BCUT2D eigenvalue weighted by atomic mass is 9.58. The predicted molar refractivity (Wildman–Crippen MR) is 95.5 cm³/mol. The van der Waals surface area contributed by atoms with Crippen molar-refractivity contribution in [2.45, 2.75) is 45.4 Å². The number of carbonyl (C=O) groups is 3. The van der Waals surface area contributed by atoms with Gasteiger partial charge < -0.3 is 16.2 Å². The molecule has 0 saturated heterocycles. The lowest BCUT2D eigenvalue weighted by Crippen LogP contribution is -2.49. The van der Waals surface area contributed by atoms with Gasteiger partial charge in [-0.1, -0.05) is 13.3 Å². The Morgan fingerprint density at radius 1 is 1.20 bits per heavy atom. The minimum absolute atomic E-state index is 0.0767. The molecule has 0 radical (unpaired) electrons. The molecule has 4 N–H and O–H groups in total. The van der Waals surface area contributed by atoms with E-state index in [1.165, 1.54) is 11.3 Å². The number of aryl methyl sites for hydroxylation is 1. The highest BCUT2D eigenvalue weighted by Gasteiger charge is 2.50. The van der Waals surface area contributed by atoms with Crippen LogP contribution in [0.5, 0.6) is 0 Å². The lowest BCUT2D eigenvalue weighted by Gasteiger charge is -2.45. The standard InChI is InChI=1S/C18H24N2O4S/c1-2-3-11-8-12(15(19)21)17(25-11)20-16(22)13-9-4-6-10(7-5-9)14(13)18(23)24/h8-10,13-14H,2-7H2,1H3,(H2,19,21)(H,20,22)(H,23,24)/t9?,10?,13-,14-/m0/s1. The summed E-state index contributed by atoms with van der Waals surface area (Å²) in [4.78, 5) is 37.3. The van der Waals surface area contributed by atoms with E-state index in [0.29, 0.717) is 10.6 Å². The monoisotopic (exact) mass is 364 g/mol. The molecule has 2 bridgehead atoms. The zero-order valence-electron chi connectivity index (χ0n) is 14.3. The Bertz CT molecular complexity index is 691. The molecule has 2 amide bonds. The molecule has 1 aromatic rings. The van der Waals surface area contributed by atoms with Gasteiger partial charge in [0.1, 0.15) is 5.00 Å². The molecule has 0 unspecified atom stereocenters. The minimum atomic E-state index is -0.887. The summed E-state index contributed by atoms with van der Waals surface area (Å²) in [5.74, 6) is -2.71. The summed E-state index contributed by atoms with van der Waals surface area (Å²) in [5, 5.41) is 12.9. The van der Waals surface area contributed by atoms with Gasteiger partial charge >= 0.3 is 5.97 Å². The topological polar surface area (TPSA) is 109 Å². The zero-order chi connectivity index (χ0) is 18.1. The number of fused-ring (bicyclic) bond motifs is 3. The Morgan fingerprint density at radius 3 is 2.32 bits per heavy atom. The molecule has 3 fully saturated rings. The van der Waals surface area contributed by atoms with Gasteiger partial charge in [-0.05, 0) is 50.0 Å². The number of rotatable bonds is 6. The van der Waals surface area contributed by atoms with Crippen LogP contribution in [0.2, 0.25) is 0 Å². The average Bonchev–Trinajstić information content (AvgIpc) is 2.98. The van der Waals surface area contributed by atoms with Crippen LogP contribution >= 0.6 is 11.3 Å². The van der Waals surface area contributed by atoms with E-state index in [2.05, 4.69) is 5.32 Å². The first-order valence-corrected chi connectivity index (χ1v) is 9.70. The third-order valence-electron chi connectivity index (χ3n) is 5.59. The maximum Gasteiger partial charge on any atom is 0.307 e. The number of carboxylic acids is 1. The molecule has 1 aromatic heterocycles. The molecule has 25 heavy (non-hydrogen) atoms. The first kappa shape index (κ1) is 17.9. The van der Waals surface area contributed by atoms with Gasteiger partial charge in [0.15, 0.2) is 0 Å². The number of carbonyl (C=O) groups excluding carboxylic acids is 2. The highest BCUT2D eigenvalue weighted by atomic mass is 32.1. The first-order valence-electron chi connectivity index (χ1n) is 8.88. The number of hydrogen-bond donors (Lipinski definition) is 3. The number of anilines is 1. The van der Waals surface area contributed by atoms with Crippen molar-refractivity contribution >= 4 is 34.1 Å². The van der Waals surface area contributed by atoms with Crippen LogP contribution < -0.4 is 11.1 Å². The number of nitrogens with one attached hydrogen (secondary N) is 1. The van der Waals surface area contributed by atoms with Gasteiger partial charge in [0, 0.05) is 4.88 Å². The van der Waals surface area contributed by atoms with E-state index in [0.717, 1.165) is 43.4 Å². The van der Waals surface area contributed by atoms with Gasteiger partial charge in [-0.2, -0.15) is 0 Å². The SMILES string of the molecule is CCCc1cc(C(N)=O)c(NC(=O)[C@H]2C3CCC(CC3)[C@@H]2C(=O)O)s1. The lowest BCUT2D eigenvalue weighted by molar-refractivity contribution is -0.156. The maximum absolute atomic E-state index is 12.9. The summed E-state index contributed by atoms with van der Waals surface area (Å²) < 4.78 is 0. The van der Waals surface area contributed by atoms with Crippen molar-refractivity contribution in [2.75, 3.05) is 5.32 Å². The van der Waals surface area contributed by atoms with Crippen molar-refractivity contribution in [3.8, 4) is 0 Å². The van der Waals surface area contributed by atoms with Crippen LogP contribution in [-0.4, -0.2) is 22.9 Å². The maximum atomic E-state index is 12.9. The Morgan fingerprint density at radius 2 is 1.80 bits per heavy atom. The fourth-order valence-corrected chi connectivity index (χ4v) is 5.63. The predicted octanol–water partition coefficient (Wildman–Crippen LogP) is 2.88. The van der Waals surface area contributed by atoms with E-state index in [4.69, 9.17) is 5.73 Å². The number of aliphatic carboxylic acids is 1. The Labute approximate surface area is 150 Å². The molecule has 2 atom stereocenters. The van der Waals surface area contributed by atoms with Gasteiger partial charge in [0.05, 0.1) is 17.4 Å².